The van der Waals surface area contributed by atoms with Crippen LogP contribution in [0.2, 0.25) is 0 Å². The molecule has 118 valence electrons. The Kier molecular flexibility index (Phi) is 3.71. The fraction of sp³-hybridized carbons (Fsp3) is 0.538. The SMILES string of the molecule is CCc1nnc2n1C[C@H](Nc1nccc(C(F)(F)F)n1)CC2. The molecule has 0 bridgehead atoms. The Bertz CT molecular complexity index is 653. The van der Waals surface area contributed by atoms with Gasteiger partial charge in [0.25, 0.3) is 0 Å². The van der Waals surface area contributed by atoms with Gasteiger partial charge in [-0.25, -0.2) is 9.97 Å². The van der Waals surface area contributed by atoms with Crippen molar-refractivity contribution in [3.63, 3.8) is 0 Å². The van der Waals surface area contributed by atoms with E-state index in [1.165, 1.54) is 0 Å². The molecule has 22 heavy (non-hydrogen) atoms. The van der Waals surface area contributed by atoms with E-state index in [1.54, 1.807) is 0 Å². The molecule has 0 aliphatic carbocycles. The lowest BCUT2D eigenvalue weighted by Crippen LogP contribution is -2.33. The van der Waals surface area contributed by atoms with Crippen LogP contribution in [0.4, 0.5) is 19.1 Å². The first-order valence-corrected chi connectivity index (χ1v) is 7.05. The molecule has 0 saturated heterocycles. The molecule has 2 aromatic rings. The molecule has 2 aromatic heterocycles. The molecular formula is C13H15F3N6. The van der Waals surface area contributed by atoms with Crippen LogP contribution >= 0.6 is 0 Å². The van der Waals surface area contributed by atoms with Gasteiger partial charge >= 0.3 is 6.18 Å². The van der Waals surface area contributed by atoms with E-state index in [9.17, 15) is 13.2 Å². The molecule has 6 nitrogen and oxygen atoms in total. The Labute approximate surface area is 124 Å². The molecule has 1 aliphatic heterocycles. The van der Waals surface area contributed by atoms with Gasteiger partial charge in [0, 0.05) is 31.6 Å². The molecule has 0 amide bonds. The summed E-state index contributed by atoms with van der Waals surface area (Å²) < 4.78 is 40.0. The molecule has 0 saturated carbocycles. The number of hydrogen-bond donors (Lipinski definition) is 1. The van der Waals surface area contributed by atoms with Crippen LogP contribution in [-0.4, -0.2) is 30.8 Å². The van der Waals surface area contributed by atoms with Crippen molar-refractivity contribution in [3.8, 4) is 0 Å². The second kappa shape index (κ2) is 5.54. The average Bonchev–Trinajstić information content (AvgIpc) is 2.89. The number of aromatic nitrogens is 5. The second-order valence-electron chi connectivity index (χ2n) is 5.14. The number of halogens is 3. The summed E-state index contributed by atoms with van der Waals surface area (Å²) in [5.41, 5.74) is -0.944. The minimum atomic E-state index is -4.47. The molecule has 0 aromatic carbocycles. The van der Waals surface area contributed by atoms with Gasteiger partial charge in [-0.1, -0.05) is 6.92 Å². The number of hydrogen-bond acceptors (Lipinski definition) is 5. The molecule has 0 unspecified atom stereocenters. The van der Waals surface area contributed by atoms with Gasteiger partial charge in [-0.3, -0.25) is 0 Å². The number of anilines is 1. The zero-order valence-electron chi connectivity index (χ0n) is 11.9. The third kappa shape index (κ3) is 2.88. The highest BCUT2D eigenvalue weighted by molar-refractivity contribution is 5.28. The summed E-state index contributed by atoms with van der Waals surface area (Å²) in [6, 6.07) is 0.816. The van der Waals surface area contributed by atoms with Crippen LogP contribution in [0.3, 0.4) is 0 Å². The van der Waals surface area contributed by atoms with Crippen molar-refractivity contribution in [2.24, 2.45) is 0 Å². The van der Waals surface area contributed by atoms with Crippen LogP contribution in [0.25, 0.3) is 0 Å². The van der Waals surface area contributed by atoms with Gasteiger partial charge in [-0.2, -0.15) is 13.2 Å². The first kappa shape index (κ1) is 14.7. The van der Waals surface area contributed by atoms with Crippen molar-refractivity contribution in [2.45, 2.75) is 44.9 Å². The van der Waals surface area contributed by atoms with Gasteiger partial charge in [0.2, 0.25) is 5.95 Å². The highest BCUT2D eigenvalue weighted by Crippen LogP contribution is 2.28. The predicted molar refractivity (Wildman–Crippen MR) is 72.2 cm³/mol. The first-order chi connectivity index (χ1) is 10.5. The third-order valence-electron chi connectivity index (χ3n) is 3.62. The monoisotopic (exact) mass is 312 g/mol. The minimum Gasteiger partial charge on any atom is -0.350 e. The van der Waals surface area contributed by atoms with Crippen LogP contribution in [0, 0.1) is 0 Å². The molecule has 1 N–H and O–H groups in total. The Morgan fingerprint density at radius 2 is 2.18 bits per heavy atom. The van der Waals surface area contributed by atoms with Crippen molar-refractivity contribution in [3.05, 3.63) is 29.6 Å². The molecule has 1 atom stereocenters. The second-order valence-corrected chi connectivity index (χ2v) is 5.14. The molecule has 3 rings (SSSR count). The summed E-state index contributed by atoms with van der Waals surface area (Å²) >= 11 is 0. The van der Waals surface area contributed by atoms with Gasteiger partial charge in [-0.05, 0) is 12.5 Å². The van der Waals surface area contributed by atoms with Crippen molar-refractivity contribution in [1.82, 2.24) is 24.7 Å². The summed E-state index contributed by atoms with van der Waals surface area (Å²) in [5.74, 6) is 1.79. The van der Waals surface area contributed by atoms with Crippen molar-refractivity contribution >= 4 is 5.95 Å². The molecule has 3 heterocycles. The fourth-order valence-electron chi connectivity index (χ4n) is 2.53. The van der Waals surface area contributed by atoms with E-state index in [-0.39, 0.29) is 12.0 Å². The predicted octanol–water partition coefficient (Wildman–Crippen LogP) is 2.08. The number of nitrogens with zero attached hydrogens (tertiary/aromatic N) is 5. The number of rotatable bonds is 3. The van der Waals surface area contributed by atoms with E-state index >= 15 is 0 Å². The highest BCUT2D eigenvalue weighted by Gasteiger charge is 2.33. The summed E-state index contributed by atoms with van der Waals surface area (Å²) in [6.45, 7) is 2.59. The number of aryl methyl sites for hydroxylation is 2. The molecule has 0 fully saturated rings. The summed E-state index contributed by atoms with van der Waals surface area (Å²) in [5, 5.41) is 11.2. The maximum absolute atomic E-state index is 12.7. The van der Waals surface area contributed by atoms with E-state index in [1.807, 2.05) is 11.5 Å². The number of nitrogens with one attached hydrogen (secondary N) is 1. The van der Waals surface area contributed by atoms with Crippen molar-refractivity contribution in [2.75, 3.05) is 5.32 Å². The lowest BCUT2D eigenvalue weighted by molar-refractivity contribution is -0.141. The van der Waals surface area contributed by atoms with E-state index < -0.39 is 11.9 Å². The summed E-state index contributed by atoms with van der Waals surface area (Å²) in [7, 11) is 0. The van der Waals surface area contributed by atoms with Crippen LogP contribution in [0.15, 0.2) is 12.3 Å². The molecule has 0 radical (unpaired) electrons. The van der Waals surface area contributed by atoms with E-state index in [2.05, 4.69) is 25.5 Å². The van der Waals surface area contributed by atoms with Gasteiger partial charge in [-0.15, -0.1) is 10.2 Å². The molecule has 9 heteroatoms. The molecule has 1 aliphatic rings. The van der Waals surface area contributed by atoms with E-state index in [4.69, 9.17) is 0 Å². The van der Waals surface area contributed by atoms with Crippen LogP contribution in [-0.2, 0) is 25.6 Å². The molecular weight excluding hydrogens is 297 g/mol. The number of alkyl halides is 3. The zero-order valence-corrected chi connectivity index (χ0v) is 11.9. The van der Waals surface area contributed by atoms with Crippen LogP contribution < -0.4 is 5.32 Å². The van der Waals surface area contributed by atoms with Gasteiger partial charge in [0.15, 0.2) is 0 Å². The lowest BCUT2D eigenvalue weighted by atomic mass is 10.1. The molecule has 0 spiro atoms. The summed E-state index contributed by atoms with van der Waals surface area (Å²) in [6.07, 6.45) is -1.11. The minimum absolute atomic E-state index is 0.00519. The number of fused-ring (bicyclic) bond motifs is 1. The largest absolute Gasteiger partial charge is 0.433 e. The topological polar surface area (TPSA) is 68.5 Å². The average molecular weight is 312 g/mol. The Balaban J connectivity index is 1.75. The van der Waals surface area contributed by atoms with Gasteiger partial charge in [0.05, 0.1) is 0 Å². The fourth-order valence-corrected chi connectivity index (χ4v) is 2.53. The Hall–Kier alpha value is -2.19. The normalized spacial score (nSPS) is 18.1. The van der Waals surface area contributed by atoms with Crippen LogP contribution in [0.1, 0.15) is 30.7 Å². The first-order valence-electron chi connectivity index (χ1n) is 7.05. The van der Waals surface area contributed by atoms with E-state index in [0.29, 0.717) is 6.54 Å². The smallest absolute Gasteiger partial charge is 0.350 e. The van der Waals surface area contributed by atoms with E-state index in [0.717, 1.165) is 43.2 Å². The third-order valence-corrected chi connectivity index (χ3v) is 3.62. The van der Waals surface area contributed by atoms with Gasteiger partial charge in [0.1, 0.15) is 17.3 Å². The standard InChI is InChI=1S/C13H15F3N6/c1-2-10-20-21-11-4-3-8(7-22(10)11)18-12-17-6-5-9(19-12)13(14,15)16/h5-6,8H,2-4,7H2,1H3,(H,17,18,19)/t8-/m1/s1. The van der Waals surface area contributed by atoms with Crippen molar-refractivity contribution < 1.29 is 13.2 Å². The van der Waals surface area contributed by atoms with Crippen LogP contribution in [0.5, 0.6) is 0 Å². The zero-order chi connectivity index (χ0) is 15.7. The Morgan fingerprint density at radius 3 is 2.91 bits per heavy atom. The highest BCUT2D eigenvalue weighted by atomic mass is 19.4. The van der Waals surface area contributed by atoms with Crippen molar-refractivity contribution in [1.29, 1.82) is 0 Å². The quantitative estimate of drug-likeness (QED) is 0.940. The lowest BCUT2D eigenvalue weighted by Gasteiger charge is -2.25. The Morgan fingerprint density at radius 1 is 1.36 bits per heavy atom. The maximum atomic E-state index is 12.7. The summed E-state index contributed by atoms with van der Waals surface area (Å²) in [4.78, 5) is 7.41. The van der Waals surface area contributed by atoms with Gasteiger partial charge < -0.3 is 9.88 Å². The maximum Gasteiger partial charge on any atom is 0.433 e.